The van der Waals surface area contributed by atoms with Gasteiger partial charge >= 0.3 is 0 Å². The molecule has 108 valence electrons. The Kier molecular flexibility index (Phi) is 3.57. The molecule has 2 unspecified atom stereocenters. The first-order valence-corrected chi connectivity index (χ1v) is 7.56. The SMILES string of the molecule is Cc1c(C2CCN(C)CC2CN)c2ccccc2n1C. The van der Waals surface area contributed by atoms with E-state index in [0.717, 1.165) is 13.1 Å². The molecule has 3 nitrogen and oxygen atoms in total. The summed E-state index contributed by atoms with van der Waals surface area (Å²) in [6.45, 7) is 5.31. The lowest BCUT2D eigenvalue weighted by Crippen LogP contribution is -2.40. The van der Waals surface area contributed by atoms with E-state index in [-0.39, 0.29) is 0 Å². The van der Waals surface area contributed by atoms with E-state index in [0.29, 0.717) is 11.8 Å². The summed E-state index contributed by atoms with van der Waals surface area (Å²) in [6.07, 6.45) is 1.22. The highest BCUT2D eigenvalue weighted by molar-refractivity contribution is 5.86. The Morgan fingerprint density at radius 1 is 1.25 bits per heavy atom. The van der Waals surface area contributed by atoms with Crippen LogP contribution in [0, 0.1) is 12.8 Å². The van der Waals surface area contributed by atoms with E-state index in [4.69, 9.17) is 5.73 Å². The van der Waals surface area contributed by atoms with E-state index in [1.54, 1.807) is 0 Å². The maximum Gasteiger partial charge on any atom is 0.0482 e. The van der Waals surface area contributed by atoms with E-state index >= 15 is 0 Å². The van der Waals surface area contributed by atoms with Crippen LogP contribution in [0.25, 0.3) is 10.9 Å². The quantitative estimate of drug-likeness (QED) is 0.910. The largest absolute Gasteiger partial charge is 0.348 e. The first-order chi connectivity index (χ1) is 9.63. The summed E-state index contributed by atoms with van der Waals surface area (Å²) < 4.78 is 2.33. The Balaban J connectivity index is 2.11. The number of hydrogen-bond acceptors (Lipinski definition) is 2. The molecule has 2 N–H and O–H groups in total. The van der Waals surface area contributed by atoms with Crippen molar-refractivity contribution in [1.29, 1.82) is 0 Å². The third kappa shape index (κ3) is 2.05. The highest BCUT2D eigenvalue weighted by atomic mass is 15.1. The first kappa shape index (κ1) is 13.7. The Hall–Kier alpha value is -1.32. The average Bonchev–Trinajstić information content (AvgIpc) is 2.72. The van der Waals surface area contributed by atoms with Gasteiger partial charge in [0.15, 0.2) is 0 Å². The Morgan fingerprint density at radius 3 is 2.75 bits per heavy atom. The third-order valence-electron chi connectivity index (χ3n) is 5.06. The van der Waals surface area contributed by atoms with Crippen LogP contribution in [-0.2, 0) is 7.05 Å². The lowest BCUT2D eigenvalue weighted by molar-refractivity contribution is 0.188. The van der Waals surface area contributed by atoms with Crippen LogP contribution >= 0.6 is 0 Å². The number of nitrogens with two attached hydrogens (primary N) is 1. The normalized spacial score (nSPS) is 24.4. The number of benzene rings is 1. The molecule has 3 rings (SSSR count). The fourth-order valence-electron chi connectivity index (χ4n) is 3.85. The van der Waals surface area contributed by atoms with Crippen LogP contribution in [0.15, 0.2) is 24.3 Å². The predicted molar refractivity (Wildman–Crippen MR) is 85.1 cm³/mol. The van der Waals surface area contributed by atoms with Crippen molar-refractivity contribution in [3.63, 3.8) is 0 Å². The van der Waals surface area contributed by atoms with Crippen molar-refractivity contribution >= 4 is 10.9 Å². The van der Waals surface area contributed by atoms with Crippen molar-refractivity contribution in [2.75, 3.05) is 26.7 Å². The zero-order valence-corrected chi connectivity index (χ0v) is 12.8. The minimum atomic E-state index is 0.568. The standard InChI is InChI=1S/C17H25N3/c1-12-17(14-8-9-19(2)11-13(14)10-18)15-6-4-5-7-16(15)20(12)3/h4-7,13-14H,8-11,18H2,1-3H3. The number of aryl methyl sites for hydroxylation is 1. The molecule has 0 spiro atoms. The molecular weight excluding hydrogens is 246 g/mol. The van der Waals surface area contributed by atoms with Gasteiger partial charge in [0.05, 0.1) is 0 Å². The zero-order valence-electron chi connectivity index (χ0n) is 12.8. The molecule has 0 amide bonds. The van der Waals surface area contributed by atoms with Crippen molar-refractivity contribution in [3.8, 4) is 0 Å². The summed E-state index contributed by atoms with van der Waals surface area (Å²) in [5.74, 6) is 1.17. The summed E-state index contributed by atoms with van der Waals surface area (Å²) in [7, 11) is 4.38. The maximum absolute atomic E-state index is 6.06. The van der Waals surface area contributed by atoms with Gasteiger partial charge in [-0.3, -0.25) is 0 Å². The molecule has 1 aromatic carbocycles. The molecule has 1 aromatic heterocycles. The molecule has 0 saturated carbocycles. The Bertz CT molecular complexity index is 614. The second kappa shape index (κ2) is 5.23. The van der Waals surface area contributed by atoms with Crippen LogP contribution < -0.4 is 5.73 Å². The number of rotatable bonds is 2. The molecule has 1 aliphatic rings. The van der Waals surface area contributed by atoms with Crippen LogP contribution in [-0.4, -0.2) is 36.1 Å². The van der Waals surface area contributed by atoms with Crippen LogP contribution in [0.1, 0.15) is 23.6 Å². The summed E-state index contributed by atoms with van der Waals surface area (Å²) >= 11 is 0. The minimum Gasteiger partial charge on any atom is -0.348 e. The van der Waals surface area contributed by atoms with Crippen molar-refractivity contribution in [1.82, 2.24) is 9.47 Å². The van der Waals surface area contributed by atoms with Crippen molar-refractivity contribution < 1.29 is 0 Å². The summed E-state index contributed by atoms with van der Waals surface area (Å²) in [6, 6.07) is 8.76. The minimum absolute atomic E-state index is 0.568. The highest BCUT2D eigenvalue weighted by Crippen LogP contribution is 2.39. The average molecular weight is 271 g/mol. The molecule has 2 atom stereocenters. The van der Waals surface area contributed by atoms with Gasteiger partial charge < -0.3 is 15.2 Å². The van der Waals surface area contributed by atoms with E-state index in [1.165, 1.54) is 35.1 Å². The van der Waals surface area contributed by atoms with Crippen LogP contribution in [0.4, 0.5) is 0 Å². The Labute approximate surface area is 121 Å². The number of nitrogens with zero attached hydrogens (tertiary/aromatic N) is 2. The van der Waals surface area contributed by atoms with Gasteiger partial charge in [-0.05, 0) is 56.9 Å². The monoisotopic (exact) mass is 271 g/mol. The van der Waals surface area contributed by atoms with Gasteiger partial charge in [-0.2, -0.15) is 0 Å². The number of fused-ring (bicyclic) bond motifs is 1. The molecule has 2 aromatic rings. The molecule has 2 heterocycles. The van der Waals surface area contributed by atoms with Crippen molar-refractivity contribution in [3.05, 3.63) is 35.5 Å². The molecule has 20 heavy (non-hydrogen) atoms. The highest BCUT2D eigenvalue weighted by Gasteiger charge is 2.31. The van der Waals surface area contributed by atoms with E-state index < -0.39 is 0 Å². The van der Waals surface area contributed by atoms with Crippen LogP contribution in [0.2, 0.25) is 0 Å². The van der Waals surface area contributed by atoms with Gasteiger partial charge in [-0.15, -0.1) is 0 Å². The number of aromatic nitrogens is 1. The van der Waals surface area contributed by atoms with Gasteiger partial charge in [0, 0.05) is 30.2 Å². The van der Waals surface area contributed by atoms with Gasteiger partial charge in [0.2, 0.25) is 0 Å². The van der Waals surface area contributed by atoms with E-state index in [1.807, 2.05) is 0 Å². The predicted octanol–water partition coefficient (Wildman–Crippen LogP) is 2.48. The number of piperidine rings is 1. The molecule has 1 saturated heterocycles. The van der Waals surface area contributed by atoms with Crippen molar-refractivity contribution in [2.45, 2.75) is 19.3 Å². The van der Waals surface area contributed by atoms with Gasteiger partial charge in [0.1, 0.15) is 0 Å². The number of hydrogen-bond donors (Lipinski definition) is 1. The summed E-state index contributed by atoms with van der Waals surface area (Å²) in [5.41, 5.74) is 10.3. The lowest BCUT2D eigenvalue weighted by atomic mass is 9.79. The topological polar surface area (TPSA) is 34.2 Å². The number of para-hydroxylation sites is 1. The molecule has 1 aliphatic heterocycles. The summed E-state index contributed by atoms with van der Waals surface area (Å²) in [4.78, 5) is 2.41. The van der Waals surface area contributed by atoms with Gasteiger partial charge in [-0.1, -0.05) is 18.2 Å². The summed E-state index contributed by atoms with van der Waals surface area (Å²) in [5, 5.41) is 1.42. The third-order valence-corrected chi connectivity index (χ3v) is 5.06. The van der Waals surface area contributed by atoms with Gasteiger partial charge in [0.25, 0.3) is 0 Å². The van der Waals surface area contributed by atoms with Crippen LogP contribution in [0.5, 0.6) is 0 Å². The van der Waals surface area contributed by atoms with Crippen LogP contribution in [0.3, 0.4) is 0 Å². The first-order valence-electron chi connectivity index (χ1n) is 7.56. The maximum atomic E-state index is 6.06. The lowest BCUT2D eigenvalue weighted by Gasteiger charge is -2.36. The molecular formula is C17H25N3. The molecule has 0 aliphatic carbocycles. The second-order valence-corrected chi connectivity index (χ2v) is 6.23. The van der Waals surface area contributed by atoms with Gasteiger partial charge in [-0.25, -0.2) is 0 Å². The zero-order chi connectivity index (χ0) is 14.3. The Morgan fingerprint density at radius 2 is 2.00 bits per heavy atom. The molecule has 0 bridgehead atoms. The van der Waals surface area contributed by atoms with E-state index in [2.05, 4.69) is 54.8 Å². The number of likely N-dealkylation sites (tertiary alicyclic amines) is 1. The smallest absolute Gasteiger partial charge is 0.0482 e. The fraction of sp³-hybridized carbons (Fsp3) is 0.529. The molecule has 1 fully saturated rings. The van der Waals surface area contributed by atoms with E-state index in [9.17, 15) is 0 Å². The van der Waals surface area contributed by atoms with Crippen molar-refractivity contribution in [2.24, 2.45) is 18.7 Å². The molecule has 3 heteroatoms. The second-order valence-electron chi connectivity index (χ2n) is 6.23. The fourth-order valence-corrected chi connectivity index (χ4v) is 3.85. The molecule has 0 radical (unpaired) electrons.